The molecule has 0 atom stereocenters. The summed E-state index contributed by atoms with van der Waals surface area (Å²) < 4.78 is 0. The Morgan fingerprint density at radius 1 is 1.33 bits per heavy atom. The standard InChI is InChI=1S/C14H19N3O/c15-12-7-17(8-12)9-14(18)16-13-5-4-10-2-1-3-11(10)6-13/h4-6,12H,1-3,7-9,15H2,(H,16,18). The Labute approximate surface area is 107 Å². The average Bonchev–Trinajstić information content (AvgIpc) is 2.74. The minimum absolute atomic E-state index is 0.0554. The van der Waals surface area contributed by atoms with E-state index in [0.29, 0.717) is 6.54 Å². The summed E-state index contributed by atoms with van der Waals surface area (Å²) in [6.07, 6.45) is 3.55. The van der Waals surface area contributed by atoms with Crippen LogP contribution in [-0.4, -0.2) is 36.5 Å². The number of anilines is 1. The highest BCUT2D eigenvalue weighted by Crippen LogP contribution is 2.24. The SMILES string of the molecule is NC1CN(CC(=O)Nc2ccc3c(c2)CCC3)C1. The molecule has 1 aromatic carbocycles. The van der Waals surface area contributed by atoms with E-state index >= 15 is 0 Å². The minimum Gasteiger partial charge on any atom is -0.325 e. The number of likely N-dealkylation sites (tertiary alicyclic amines) is 1. The fourth-order valence-electron chi connectivity index (χ4n) is 2.79. The van der Waals surface area contributed by atoms with Crippen LogP contribution in [-0.2, 0) is 17.6 Å². The van der Waals surface area contributed by atoms with Crippen molar-refractivity contribution in [1.29, 1.82) is 0 Å². The molecule has 1 amide bonds. The number of nitrogens with two attached hydrogens (primary N) is 1. The topological polar surface area (TPSA) is 58.4 Å². The van der Waals surface area contributed by atoms with Crippen LogP contribution >= 0.6 is 0 Å². The maximum Gasteiger partial charge on any atom is 0.238 e. The van der Waals surface area contributed by atoms with Gasteiger partial charge in [-0.2, -0.15) is 0 Å². The summed E-state index contributed by atoms with van der Waals surface area (Å²) in [6.45, 7) is 2.11. The van der Waals surface area contributed by atoms with Crippen LogP contribution in [0.1, 0.15) is 17.5 Å². The summed E-state index contributed by atoms with van der Waals surface area (Å²) in [6, 6.07) is 6.50. The van der Waals surface area contributed by atoms with Crippen LogP contribution in [0.4, 0.5) is 5.69 Å². The van der Waals surface area contributed by atoms with E-state index in [2.05, 4.69) is 22.3 Å². The highest BCUT2D eigenvalue weighted by molar-refractivity contribution is 5.92. The van der Waals surface area contributed by atoms with Gasteiger partial charge in [-0.3, -0.25) is 9.69 Å². The zero-order chi connectivity index (χ0) is 12.5. The van der Waals surface area contributed by atoms with Crippen LogP contribution in [0.25, 0.3) is 0 Å². The van der Waals surface area contributed by atoms with E-state index < -0.39 is 0 Å². The summed E-state index contributed by atoms with van der Waals surface area (Å²) in [5.41, 5.74) is 9.43. The first-order valence-corrected chi connectivity index (χ1v) is 6.60. The van der Waals surface area contributed by atoms with Crippen molar-refractivity contribution in [3.8, 4) is 0 Å². The van der Waals surface area contributed by atoms with Crippen molar-refractivity contribution in [3.63, 3.8) is 0 Å². The van der Waals surface area contributed by atoms with E-state index in [-0.39, 0.29) is 11.9 Å². The number of carbonyl (C=O) groups is 1. The molecule has 1 aliphatic carbocycles. The van der Waals surface area contributed by atoms with Crippen molar-refractivity contribution in [2.24, 2.45) is 5.73 Å². The van der Waals surface area contributed by atoms with E-state index in [1.165, 1.54) is 24.0 Å². The second-order valence-corrected chi connectivity index (χ2v) is 5.34. The van der Waals surface area contributed by atoms with E-state index in [4.69, 9.17) is 5.73 Å². The highest BCUT2D eigenvalue weighted by Gasteiger charge is 2.24. The molecule has 18 heavy (non-hydrogen) atoms. The fourth-order valence-corrected chi connectivity index (χ4v) is 2.79. The molecule has 4 heteroatoms. The lowest BCUT2D eigenvalue weighted by molar-refractivity contribution is -0.118. The molecule has 0 bridgehead atoms. The van der Waals surface area contributed by atoms with Crippen molar-refractivity contribution in [2.75, 3.05) is 25.0 Å². The largest absolute Gasteiger partial charge is 0.325 e. The zero-order valence-corrected chi connectivity index (χ0v) is 10.5. The van der Waals surface area contributed by atoms with E-state index in [9.17, 15) is 4.79 Å². The van der Waals surface area contributed by atoms with Gasteiger partial charge in [0, 0.05) is 24.8 Å². The summed E-state index contributed by atoms with van der Waals surface area (Å²) in [7, 11) is 0. The first kappa shape index (κ1) is 11.7. The first-order chi connectivity index (χ1) is 8.70. The lowest BCUT2D eigenvalue weighted by Gasteiger charge is -2.36. The summed E-state index contributed by atoms with van der Waals surface area (Å²) in [5.74, 6) is 0.0554. The van der Waals surface area contributed by atoms with Crippen molar-refractivity contribution in [3.05, 3.63) is 29.3 Å². The summed E-state index contributed by atoms with van der Waals surface area (Å²) in [4.78, 5) is 13.9. The Bertz CT molecular complexity index is 466. The quantitative estimate of drug-likeness (QED) is 0.826. The maximum absolute atomic E-state index is 11.8. The van der Waals surface area contributed by atoms with E-state index in [1.54, 1.807) is 0 Å². The fraction of sp³-hybridized carbons (Fsp3) is 0.500. The third-order valence-electron chi connectivity index (χ3n) is 3.73. The lowest BCUT2D eigenvalue weighted by atomic mass is 10.1. The smallest absolute Gasteiger partial charge is 0.238 e. The van der Waals surface area contributed by atoms with Gasteiger partial charge in [0.1, 0.15) is 0 Å². The molecule has 1 aliphatic heterocycles. The Morgan fingerprint density at radius 3 is 2.89 bits per heavy atom. The van der Waals surface area contributed by atoms with Crippen molar-refractivity contribution in [1.82, 2.24) is 4.90 Å². The Balaban J connectivity index is 1.57. The second-order valence-electron chi connectivity index (χ2n) is 5.34. The number of hydrogen-bond acceptors (Lipinski definition) is 3. The molecular formula is C14H19N3O. The molecule has 1 saturated heterocycles. The number of nitrogens with zero attached hydrogens (tertiary/aromatic N) is 1. The van der Waals surface area contributed by atoms with Gasteiger partial charge in [0.25, 0.3) is 0 Å². The summed E-state index contributed by atoms with van der Waals surface area (Å²) in [5, 5.41) is 2.96. The number of nitrogens with one attached hydrogen (secondary N) is 1. The van der Waals surface area contributed by atoms with Gasteiger partial charge < -0.3 is 11.1 Å². The van der Waals surface area contributed by atoms with Crippen LogP contribution in [0.5, 0.6) is 0 Å². The third-order valence-corrected chi connectivity index (χ3v) is 3.73. The zero-order valence-electron chi connectivity index (χ0n) is 10.5. The maximum atomic E-state index is 11.8. The van der Waals surface area contributed by atoms with E-state index in [1.807, 2.05) is 6.07 Å². The molecule has 0 radical (unpaired) electrons. The Morgan fingerprint density at radius 2 is 2.11 bits per heavy atom. The van der Waals surface area contributed by atoms with Gasteiger partial charge in [-0.05, 0) is 42.5 Å². The number of hydrogen-bond donors (Lipinski definition) is 2. The first-order valence-electron chi connectivity index (χ1n) is 6.60. The van der Waals surface area contributed by atoms with Gasteiger partial charge in [0.2, 0.25) is 5.91 Å². The molecule has 0 spiro atoms. The molecule has 2 aliphatic rings. The van der Waals surface area contributed by atoms with Crippen LogP contribution in [0, 0.1) is 0 Å². The average molecular weight is 245 g/mol. The molecule has 4 nitrogen and oxygen atoms in total. The molecule has 0 aromatic heterocycles. The monoisotopic (exact) mass is 245 g/mol. The predicted molar refractivity (Wildman–Crippen MR) is 71.5 cm³/mol. The number of rotatable bonds is 3. The van der Waals surface area contributed by atoms with Crippen LogP contribution in [0.2, 0.25) is 0 Å². The van der Waals surface area contributed by atoms with Crippen molar-refractivity contribution >= 4 is 11.6 Å². The molecule has 1 fully saturated rings. The highest BCUT2D eigenvalue weighted by atomic mass is 16.2. The molecule has 3 N–H and O–H groups in total. The van der Waals surface area contributed by atoms with Crippen LogP contribution < -0.4 is 11.1 Å². The normalized spacial score (nSPS) is 19.4. The molecule has 1 heterocycles. The number of aryl methyl sites for hydroxylation is 2. The Kier molecular flexibility index (Phi) is 3.06. The van der Waals surface area contributed by atoms with Crippen LogP contribution in [0.3, 0.4) is 0 Å². The van der Waals surface area contributed by atoms with E-state index in [0.717, 1.165) is 25.2 Å². The molecule has 3 rings (SSSR count). The van der Waals surface area contributed by atoms with Gasteiger partial charge in [0.05, 0.1) is 6.54 Å². The molecule has 96 valence electrons. The number of fused-ring (bicyclic) bond motifs is 1. The van der Waals surface area contributed by atoms with Gasteiger partial charge >= 0.3 is 0 Å². The number of amides is 1. The molecular weight excluding hydrogens is 226 g/mol. The predicted octanol–water partition coefficient (Wildman–Crippen LogP) is 0.757. The lowest BCUT2D eigenvalue weighted by Crippen LogP contribution is -2.57. The van der Waals surface area contributed by atoms with Gasteiger partial charge in [-0.25, -0.2) is 0 Å². The minimum atomic E-state index is 0.0554. The van der Waals surface area contributed by atoms with Gasteiger partial charge in [0.15, 0.2) is 0 Å². The van der Waals surface area contributed by atoms with Crippen LogP contribution in [0.15, 0.2) is 18.2 Å². The second kappa shape index (κ2) is 4.71. The van der Waals surface area contributed by atoms with Crippen molar-refractivity contribution in [2.45, 2.75) is 25.3 Å². The molecule has 0 unspecified atom stereocenters. The molecule has 1 aromatic rings. The Hall–Kier alpha value is -1.39. The van der Waals surface area contributed by atoms with Gasteiger partial charge in [-0.1, -0.05) is 6.07 Å². The molecule has 0 saturated carbocycles. The van der Waals surface area contributed by atoms with Crippen molar-refractivity contribution < 1.29 is 4.79 Å². The van der Waals surface area contributed by atoms with Gasteiger partial charge in [-0.15, -0.1) is 0 Å². The third kappa shape index (κ3) is 2.40. The summed E-state index contributed by atoms with van der Waals surface area (Å²) >= 11 is 0. The number of carbonyl (C=O) groups excluding carboxylic acids is 1. The number of benzene rings is 1.